The summed E-state index contributed by atoms with van der Waals surface area (Å²) in [5.41, 5.74) is 0. The summed E-state index contributed by atoms with van der Waals surface area (Å²) in [6.07, 6.45) is 0.976. The van der Waals surface area contributed by atoms with E-state index in [4.69, 9.17) is 34.8 Å². The van der Waals surface area contributed by atoms with Crippen LogP contribution in [0.5, 0.6) is 0 Å². The largest absolute Gasteiger partial charge is 0.421 e. The van der Waals surface area contributed by atoms with Crippen LogP contribution in [0.15, 0.2) is 10.8 Å². The molecule has 1 heterocycles. The maximum absolute atomic E-state index is 10.9. The molecular formula is C4HCl3N2O2. The van der Waals surface area contributed by atoms with Crippen molar-refractivity contribution < 1.29 is 9.21 Å². The highest BCUT2D eigenvalue weighted by Gasteiger charge is 2.35. The molecule has 7 heteroatoms. The highest BCUT2D eigenvalue weighted by molar-refractivity contribution is 6.77. The molecule has 0 aliphatic rings. The van der Waals surface area contributed by atoms with Crippen molar-refractivity contribution in [2.24, 2.45) is 0 Å². The first-order valence-corrected chi connectivity index (χ1v) is 3.53. The fourth-order valence-electron chi connectivity index (χ4n) is 0.393. The molecule has 0 aliphatic carbocycles. The van der Waals surface area contributed by atoms with E-state index in [9.17, 15) is 4.79 Å². The Labute approximate surface area is 76.4 Å². The number of rotatable bonds is 1. The Morgan fingerprint density at radius 1 is 1.55 bits per heavy atom. The molecule has 0 fully saturated rings. The van der Waals surface area contributed by atoms with Crippen LogP contribution in [0.25, 0.3) is 0 Å². The minimum atomic E-state index is -2.04. The first kappa shape index (κ1) is 8.77. The second-order valence-corrected chi connectivity index (χ2v) is 3.85. The maximum atomic E-state index is 10.9. The van der Waals surface area contributed by atoms with E-state index in [1.807, 2.05) is 0 Å². The SMILES string of the molecule is O=C(c1nnco1)C(Cl)(Cl)Cl. The summed E-state index contributed by atoms with van der Waals surface area (Å²) in [5, 5.41) is 6.51. The third-order valence-corrected chi connectivity index (χ3v) is 1.33. The Morgan fingerprint density at radius 2 is 2.18 bits per heavy atom. The predicted molar refractivity (Wildman–Crippen MR) is 38.9 cm³/mol. The summed E-state index contributed by atoms with van der Waals surface area (Å²) < 4.78 is 2.46. The molecule has 0 bridgehead atoms. The standard InChI is InChI=1S/C4HCl3N2O2/c5-4(6,7)2(10)3-9-8-1-11-3/h1H. The van der Waals surface area contributed by atoms with Crippen molar-refractivity contribution in [1.29, 1.82) is 0 Å². The molecule has 0 atom stereocenters. The molecular weight excluding hydrogens is 214 g/mol. The van der Waals surface area contributed by atoms with E-state index >= 15 is 0 Å². The molecule has 11 heavy (non-hydrogen) atoms. The second-order valence-electron chi connectivity index (χ2n) is 1.57. The average Bonchev–Trinajstić information content (AvgIpc) is 2.34. The van der Waals surface area contributed by atoms with Gasteiger partial charge < -0.3 is 4.42 Å². The van der Waals surface area contributed by atoms with E-state index < -0.39 is 9.58 Å². The van der Waals surface area contributed by atoms with Gasteiger partial charge in [-0.1, -0.05) is 34.8 Å². The molecule has 0 amide bonds. The Bertz CT molecular complexity index is 253. The van der Waals surface area contributed by atoms with Crippen LogP contribution in [0.2, 0.25) is 0 Å². The summed E-state index contributed by atoms with van der Waals surface area (Å²) in [7, 11) is 0. The predicted octanol–water partition coefficient (Wildman–Crippen LogP) is 1.62. The van der Waals surface area contributed by atoms with Gasteiger partial charge >= 0.3 is 0 Å². The van der Waals surface area contributed by atoms with Gasteiger partial charge in [0.1, 0.15) is 0 Å². The molecule has 0 aromatic carbocycles. The van der Waals surface area contributed by atoms with Crippen molar-refractivity contribution in [3.05, 3.63) is 12.3 Å². The van der Waals surface area contributed by atoms with Crippen LogP contribution in [-0.4, -0.2) is 19.8 Å². The highest BCUT2D eigenvalue weighted by atomic mass is 35.6. The Hall–Kier alpha value is -0.320. The molecule has 0 radical (unpaired) electrons. The fourth-order valence-corrected chi connectivity index (χ4v) is 0.636. The molecule has 0 spiro atoms. The van der Waals surface area contributed by atoms with Gasteiger partial charge in [-0.25, -0.2) is 0 Å². The zero-order chi connectivity index (χ0) is 8.48. The van der Waals surface area contributed by atoms with E-state index in [-0.39, 0.29) is 5.89 Å². The van der Waals surface area contributed by atoms with E-state index in [2.05, 4.69) is 14.6 Å². The molecule has 0 aliphatic heterocycles. The lowest BCUT2D eigenvalue weighted by Gasteiger charge is -2.03. The molecule has 0 saturated heterocycles. The van der Waals surface area contributed by atoms with Gasteiger partial charge in [0.05, 0.1) is 0 Å². The minimum Gasteiger partial charge on any atom is -0.421 e. The highest BCUT2D eigenvalue weighted by Crippen LogP contribution is 2.29. The van der Waals surface area contributed by atoms with Crippen LogP contribution in [0.1, 0.15) is 10.7 Å². The quantitative estimate of drug-likeness (QED) is 0.528. The molecule has 60 valence electrons. The molecule has 1 aromatic rings. The van der Waals surface area contributed by atoms with Crippen LogP contribution in [0, 0.1) is 0 Å². The van der Waals surface area contributed by atoms with Crippen LogP contribution in [0.4, 0.5) is 0 Å². The monoisotopic (exact) mass is 214 g/mol. The van der Waals surface area contributed by atoms with E-state index in [0.29, 0.717) is 0 Å². The van der Waals surface area contributed by atoms with Crippen molar-refractivity contribution in [2.75, 3.05) is 0 Å². The number of ketones is 1. The molecule has 4 nitrogen and oxygen atoms in total. The minimum absolute atomic E-state index is 0.315. The first-order valence-electron chi connectivity index (χ1n) is 2.39. The maximum Gasteiger partial charge on any atom is 0.288 e. The number of alkyl halides is 3. The van der Waals surface area contributed by atoms with E-state index in [0.717, 1.165) is 6.39 Å². The van der Waals surface area contributed by atoms with Crippen molar-refractivity contribution in [1.82, 2.24) is 10.2 Å². The fraction of sp³-hybridized carbons (Fsp3) is 0.250. The van der Waals surface area contributed by atoms with Gasteiger partial charge in [-0.15, -0.1) is 10.2 Å². The van der Waals surface area contributed by atoms with Gasteiger partial charge in [0.25, 0.3) is 15.5 Å². The van der Waals surface area contributed by atoms with Crippen LogP contribution in [-0.2, 0) is 0 Å². The van der Waals surface area contributed by atoms with E-state index in [1.165, 1.54) is 0 Å². The van der Waals surface area contributed by atoms with Gasteiger partial charge in [0.2, 0.25) is 6.39 Å². The summed E-state index contributed by atoms with van der Waals surface area (Å²) in [5.74, 6) is -1.15. The number of halogens is 3. The second kappa shape index (κ2) is 2.97. The number of aromatic nitrogens is 2. The molecule has 0 N–H and O–H groups in total. The summed E-state index contributed by atoms with van der Waals surface area (Å²) in [6, 6.07) is 0. The number of nitrogens with zero attached hydrogens (tertiary/aromatic N) is 2. The lowest BCUT2D eigenvalue weighted by atomic mass is 10.4. The van der Waals surface area contributed by atoms with Gasteiger partial charge in [-0.05, 0) is 0 Å². The first-order chi connectivity index (χ1) is 5.02. The Balaban J connectivity index is 2.88. The summed E-state index contributed by atoms with van der Waals surface area (Å²) in [4.78, 5) is 10.9. The Kier molecular flexibility index (Phi) is 2.37. The molecule has 1 rings (SSSR count). The van der Waals surface area contributed by atoms with Crippen LogP contribution < -0.4 is 0 Å². The normalized spacial score (nSPS) is 11.5. The number of carbonyl (C=O) groups is 1. The summed E-state index contributed by atoms with van der Waals surface area (Å²) in [6.45, 7) is 0. The number of hydrogen-bond donors (Lipinski definition) is 0. The third kappa shape index (κ3) is 2.05. The van der Waals surface area contributed by atoms with E-state index in [1.54, 1.807) is 0 Å². The number of Topliss-reactive ketones (excluding diaryl/α,β-unsaturated/α-hetero) is 1. The van der Waals surface area contributed by atoms with Crippen LogP contribution >= 0.6 is 34.8 Å². The van der Waals surface area contributed by atoms with Gasteiger partial charge in [-0.2, -0.15) is 0 Å². The zero-order valence-electron chi connectivity index (χ0n) is 4.92. The van der Waals surface area contributed by atoms with Gasteiger partial charge in [-0.3, -0.25) is 4.79 Å². The van der Waals surface area contributed by atoms with Crippen molar-refractivity contribution in [3.8, 4) is 0 Å². The van der Waals surface area contributed by atoms with Crippen LogP contribution in [0.3, 0.4) is 0 Å². The topological polar surface area (TPSA) is 56.0 Å². The summed E-state index contributed by atoms with van der Waals surface area (Å²) >= 11 is 15.7. The Morgan fingerprint density at radius 3 is 2.55 bits per heavy atom. The van der Waals surface area contributed by atoms with Crippen molar-refractivity contribution in [3.63, 3.8) is 0 Å². The molecule has 0 saturated carbocycles. The van der Waals surface area contributed by atoms with Crippen molar-refractivity contribution in [2.45, 2.75) is 3.79 Å². The third-order valence-electron chi connectivity index (χ3n) is 0.812. The lowest BCUT2D eigenvalue weighted by molar-refractivity contribution is 0.0963. The van der Waals surface area contributed by atoms with Crippen molar-refractivity contribution >= 4 is 40.6 Å². The zero-order valence-corrected chi connectivity index (χ0v) is 7.19. The van der Waals surface area contributed by atoms with Gasteiger partial charge in [0, 0.05) is 0 Å². The molecule has 1 aromatic heterocycles. The smallest absolute Gasteiger partial charge is 0.288 e. The lowest BCUT2D eigenvalue weighted by Crippen LogP contribution is -2.19. The number of hydrogen-bond acceptors (Lipinski definition) is 4. The average molecular weight is 215 g/mol. The number of carbonyl (C=O) groups excluding carboxylic acids is 1. The molecule has 0 unspecified atom stereocenters. The van der Waals surface area contributed by atoms with Gasteiger partial charge in [0.15, 0.2) is 0 Å².